The van der Waals surface area contributed by atoms with E-state index >= 15 is 0 Å². The summed E-state index contributed by atoms with van der Waals surface area (Å²) in [5.74, 6) is 1.90. The molecular weight excluding hydrogens is 405 g/mol. The van der Waals surface area contributed by atoms with Crippen LogP contribution in [0.5, 0.6) is 11.6 Å². The lowest BCUT2D eigenvalue weighted by Gasteiger charge is -2.38. The molecule has 6 nitrogen and oxygen atoms in total. The zero-order valence-electron chi connectivity index (χ0n) is 17.9. The Morgan fingerprint density at radius 1 is 0.906 bits per heavy atom. The molecule has 32 heavy (non-hydrogen) atoms. The molecule has 7 heteroatoms. The van der Waals surface area contributed by atoms with Crippen LogP contribution in [0.15, 0.2) is 73.3 Å². The third kappa shape index (κ3) is 4.38. The fourth-order valence-electron chi connectivity index (χ4n) is 4.09. The molecule has 162 valence electrons. The molecule has 0 radical (unpaired) electrons. The van der Waals surface area contributed by atoms with Crippen molar-refractivity contribution in [2.24, 2.45) is 0 Å². The number of nitrogens with zero attached hydrogens (tertiary/aromatic N) is 5. The van der Waals surface area contributed by atoms with Gasteiger partial charge in [-0.25, -0.2) is 14.4 Å². The van der Waals surface area contributed by atoms with Crippen molar-refractivity contribution in [3.05, 3.63) is 84.7 Å². The number of ether oxygens (including phenoxy) is 1. The summed E-state index contributed by atoms with van der Waals surface area (Å²) >= 11 is 0. The van der Waals surface area contributed by atoms with Crippen LogP contribution in [0.3, 0.4) is 0 Å². The first kappa shape index (κ1) is 20.3. The van der Waals surface area contributed by atoms with E-state index in [0.29, 0.717) is 5.88 Å². The second-order valence-corrected chi connectivity index (χ2v) is 7.95. The van der Waals surface area contributed by atoms with Gasteiger partial charge in [0.15, 0.2) is 0 Å². The first-order valence-electron chi connectivity index (χ1n) is 10.7. The van der Waals surface area contributed by atoms with E-state index in [1.807, 2.05) is 48.7 Å². The maximum Gasteiger partial charge on any atom is 0.224 e. The number of fused-ring (bicyclic) bond motifs is 1. The van der Waals surface area contributed by atoms with Crippen molar-refractivity contribution in [3.63, 3.8) is 0 Å². The van der Waals surface area contributed by atoms with Gasteiger partial charge in [-0.05, 0) is 54.3 Å². The summed E-state index contributed by atoms with van der Waals surface area (Å²) in [4.78, 5) is 17.5. The van der Waals surface area contributed by atoms with Crippen molar-refractivity contribution in [2.75, 3.05) is 31.1 Å². The van der Waals surface area contributed by atoms with Crippen molar-refractivity contribution < 1.29 is 9.13 Å². The molecule has 0 bridgehead atoms. The summed E-state index contributed by atoms with van der Waals surface area (Å²) in [6.45, 7) is 5.67. The number of halogens is 1. The Labute approximate surface area is 186 Å². The van der Waals surface area contributed by atoms with Crippen LogP contribution >= 0.6 is 0 Å². The first-order chi connectivity index (χ1) is 15.7. The number of rotatable bonds is 5. The molecule has 0 N–H and O–H groups in total. The summed E-state index contributed by atoms with van der Waals surface area (Å²) < 4.78 is 19.2. The maximum absolute atomic E-state index is 13.2. The van der Waals surface area contributed by atoms with Gasteiger partial charge in [0.1, 0.15) is 23.7 Å². The molecule has 1 atom stereocenters. The highest BCUT2D eigenvalue weighted by atomic mass is 19.1. The molecule has 0 saturated carbocycles. The lowest BCUT2D eigenvalue weighted by Crippen LogP contribution is -2.47. The molecule has 2 aromatic carbocycles. The Morgan fingerprint density at radius 3 is 2.53 bits per heavy atom. The van der Waals surface area contributed by atoms with Gasteiger partial charge in [0, 0.05) is 56.1 Å². The molecule has 1 aliphatic rings. The van der Waals surface area contributed by atoms with Crippen LogP contribution in [0, 0.1) is 5.82 Å². The van der Waals surface area contributed by atoms with E-state index < -0.39 is 0 Å². The molecule has 1 unspecified atom stereocenters. The smallest absolute Gasteiger partial charge is 0.224 e. The molecule has 0 spiro atoms. The van der Waals surface area contributed by atoms with E-state index in [-0.39, 0.29) is 11.9 Å². The molecule has 1 fully saturated rings. The fraction of sp³-hybridized carbons (Fsp3) is 0.240. The summed E-state index contributed by atoms with van der Waals surface area (Å²) in [7, 11) is 0. The maximum atomic E-state index is 13.2. The van der Waals surface area contributed by atoms with Gasteiger partial charge in [0.05, 0.1) is 0 Å². The highest BCUT2D eigenvalue weighted by Gasteiger charge is 2.23. The van der Waals surface area contributed by atoms with Crippen molar-refractivity contribution in [1.82, 2.24) is 19.9 Å². The quantitative estimate of drug-likeness (QED) is 0.453. The monoisotopic (exact) mass is 429 g/mol. The van der Waals surface area contributed by atoms with Crippen LogP contribution in [-0.4, -0.2) is 46.0 Å². The Hall–Kier alpha value is -3.58. The highest BCUT2D eigenvalue weighted by molar-refractivity contribution is 5.82. The average Bonchev–Trinajstić information content (AvgIpc) is 2.84. The minimum Gasteiger partial charge on any atom is -0.439 e. The van der Waals surface area contributed by atoms with Crippen molar-refractivity contribution in [1.29, 1.82) is 0 Å². The van der Waals surface area contributed by atoms with E-state index in [1.54, 1.807) is 12.5 Å². The van der Waals surface area contributed by atoms with Gasteiger partial charge in [-0.2, -0.15) is 0 Å². The van der Waals surface area contributed by atoms with Gasteiger partial charge >= 0.3 is 0 Å². The second kappa shape index (κ2) is 8.88. The number of hydrogen-bond acceptors (Lipinski definition) is 6. The topological polar surface area (TPSA) is 54.4 Å². The largest absolute Gasteiger partial charge is 0.439 e. The minimum atomic E-state index is -0.201. The van der Waals surface area contributed by atoms with Gasteiger partial charge in [-0.15, -0.1) is 0 Å². The summed E-state index contributed by atoms with van der Waals surface area (Å²) in [6, 6.07) is 16.7. The summed E-state index contributed by atoms with van der Waals surface area (Å²) in [6.07, 6.45) is 5.15. The fourth-order valence-corrected chi connectivity index (χ4v) is 4.09. The van der Waals surface area contributed by atoms with Crippen LogP contribution in [0.25, 0.3) is 10.8 Å². The van der Waals surface area contributed by atoms with Gasteiger partial charge in [-0.1, -0.05) is 12.1 Å². The third-order valence-electron chi connectivity index (χ3n) is 6.00. The standard InChI is InChI=1S/C25H24FN5O/c1-18(19-2-5-22(26)6-3-19)30-10-12-31(13-11-30)24-15-25(29-17-28-24)32-23-7-4-21-16-27-9-8-20(21)14-23/h2-9,14-18H,10-13H2,1H3. The lowest BCUT2D eigenvalue weighted by atomic mass is 10.1. The minimum absolute atomic E-state index is 0.201. The molecule has 0 aliphatic carbocycles. The van der Waals surface area contributed by atoms with Crippen molar-refractivity contribution >= 4 is 16.6 Å². The number of pyridine rings is 1. The first-order valence-corrected chi connectivity index (χ1v) is 10.7. The van der Waals surface area contributed by atoms with Crippen molar-refractivity contribution in [3.8, 4) is 11.6 Å². The normalized spacial score (nSPS) is 15.6. The van der Waals surface area contributed by atoms with Crippen molar-refractivity contribution in [2.45, 2.75) is 13.0 Å². The average molecular weight is 429 g/mol. The predicted molar refractivity (Wildman–Crippen MR) is 122 cm³/mol. The van der Waals surface area contributed by atoms with Crippen LogP contribution < -0.4 is 9.64 Å². The summed E-state index contributed by atoms with van der Waals surface area (Å²) in [5, 5.41) is 2.13. The van der Waals surface area contributed by atoms with E-state index in [1.165, 1.54) is 12.1 Å². The lowest BCUT2D eigenvalue weighted by molar-refractivity contribution is 0.198. The number of hydrogen-bond donors (Lipinski definition) is 0. The third-order valence-corrected chi connectivity index (χ3v) is 6.00. The SMILES string of the molecule is CC(c1ccc(F)cc1)N1CCN(c2cc(Oc3ccc4cnccc4c3)ncn2)CC1. The van der Waals surface area contributed by atoms with Crippen LogP contribution in [0.1, 0.15) is 18.5 Å². The van der Waals surface area contributed by atoms with Crippen LogP contribution in [0.4, 0.5) is 10.2 Å². The van der Waals surface area contributed by atoms with E-state index in [9.17, 15) is 4.39 Å². The molecule has 4 aromatic rings. The van der Waals surface area contributed by atoms with E-state index in [4.69, 9.17) is 4.74 Å². The predicted octanol–water partition coefficient (Wildman–Crippen LogP) is 4.84. The molecule has 1 aliphatic heterocycles. The molecule has 3 heterocycles. The van der Waals surface area contributed by atoms with Crippen LogP contribution in [-0.2, 0) is 0 Å². The second-order valence-electron chi connectivity index (χ2n) is 7.95. The zero-order valence-corrected chi connectivity index (χ0v) is 17.9. The molecule has 2 aromatic heterocycles. The Balaban J connectivity index is 1.24. The Kier molecular flexibility index (Phi) is 5.64. The Bertz CT molecular complexity index is 1210. The molecule has 5 rings (SSSR count). The molecule has 1 saturated heterocycles. The summed E-state index contributed by atoms with van der Waals surface area (Å²) in [5.41, 5.74) is 1.13. The van der Waals surface area contributed by atoms with Gasteiger partial charge in [-0.3, -0.25) is 9.88 Å². The van der Waals surface area contributed by atoms with Gasteiger partial charge in [0.25, 0.3) is 0 Å². The number of benzene rings is 2. The number of anilines is 1. The van der Waals surface area contributed by atoms with E-state index in [0.717, 1.165) is 54.1 Å². The number of piperazine rings is 1. The Morgan fingerprint density at radius 2 is 1.72 bits per heavy atom. The van der Waals surface area contributed by atoms with Gasteiger partial charge < -0.3 is 9.64 Å². The van der Waals surface area contributed by atoms with E-state index in [2.05, 4.69) is 31.7 Å². The molecule has 0 amide bonds. The number of aromatic nitrogens is 3. The van der Waals surface area contributed by atoms with Gasteiger partial charge in [0.2, 0.25) is 5.88 Å². The molecular formula is C25H24FN5O. The zero-order chi connectivity index (χ0) is 21.9. The highest BCUT2D eigenvalue weighted by Crippen LogP contribution is 2.27. The van der Waals surface area contributed by atoms with Crippen LogP contribution in [0.2, 0.25) is 0 Å².